The summed E-state index contributed by atoms with van der Waals surface area (Å²) in [6.45, 7) is 0. The van der Waals surface area contributed by atoms with Gasteiger partial charge in [-0.1, -0.05) is 28.1 Å². The Hall–Kier alpha value is -2.42. The molecule has 110 valence electrons. The van der Waals surface area contributed by atoms with Gasteiger partial charge in [0.15, 0.2) is 0 Å². The summed E-state index contributed by atoms with van der Waals surface area (Å²) in [7, 11) is 0. The highest BCUT2D eigenvalue weighted by atomic mass is 79.9. The van der Waals surface area contributed by atoms with Crippen molar-refractivity contribution in [3.8, 4) is 6.07 Å². The van der Waals surface area contributed by atoms with Crippen molar-refractivity contribution in [2.24, 2.45) is 0 Å². The van der Waals surface area contributed by atoms with Crippen molar-refractivity contribution < 1.29 is 0 Å². The summed E-state index contributed by atoms with van der Waals surface area (Å²) >= 11 is 5.03. The van der Waals surface area contributed by atoms with Crippen LogP contribution in [0.1, 0.15) is 10.6 Å². The number of nitrogens with zero attached hydrogens (tertiary/aromatic N) is 2. The molecule has 2 aromatic heterocycles. The zero-order valence-electron chi connectivity index (χ0n) is 11.9. The second-order valence-electron chi connectivity index (χ2n) is 5.09. The highest BCUT2D eigenvalue weighted by molar-refractivity contribution is 9.10. The van der Waals surface area contributed by atoms with Crippen LogP contribution in [0, 0.1) is 11.3 Å². The molecule has 0 fully saturated rings. The number of aromatic amines is 1. The van der Waals surface area contributed by atoms with E-state index >= 15 is 0 Å². The molecule has 0 unspecified atom stereocenters. The first kappa shape index (κ1) is 14.2. The van der Waals surface area contributed by atoms with Gasteiger partial charge in [0.05, 0.1) is 15.8 Å². The molecule has 0 aliphatic carbocycles. The number of thiazole rings is 1. The molecule has 0 aliphatic rings. The van der Waals surface area contributed by atoms with E-state index < -0.39 is 0 Å². The van der Waals surface area contributed by atoms with Crippen LogP contribution in [0.4, 0.5) is 0 Å². The first-order valence-corrected chi connectivity index (χ1v) is 8.60. The van der Waals surface area contributed by atoms with Crippen molar-refractivity contribution in [1.82, 2.24) is 9.97 Å². The number of hydrogen-bond donors (Lipinski definition) is 1. The Morgan fingerprint density at radius 1 is 1.26 bits per heavy atom. The zero-order valence-corrected chi connectivity index (χ0v) is 14.3. The van der Waals surface area contributed by atoms with E-state index in [9.17, 15) is 5.26 Å². The van der Waals surface area contributed by atoms with E-state index in [-0.39, 0.29) is 0 Å². The number of benzene rings is 2. The molecule has 0 amide bonds. The third kappa shape index (κ3) is 2.56. The molecule has 0 bridgehead atoms. The summed E-state index contributed by atoms with van der Waals surface area (Å²) in [4.78, 5) is 7.80. The minimum atomic E-state index is 0.576. The van der Waals surface area contributed by atoms with Crippen LogP contribution in [0.3, 0.4) is 0 Å². The Kier molecular flexibility index (Phi) is 3.49. The van der Waals surface area contributed by atoms with E-state index in [1.165, 1.54) is 11.3 Å². The molecule has 0 spiro atoms. The number of H-pyrrole nitrogens is 1. The van der Waals surface area contributed by atoms with Gasteiger partial charge in [-0.05, 0) is 36.4 Å². The molecule has 2 aromatic carbocycles. The van der Waals surface area contributed by atoms with Gasteiger partial charge in [-0.25, -0.2) is 4.98 Å². The fourth-order valence-corrected chi connectivity index (χ4v) is 3.81. The normalized spacial score (nSPS) is 11.9. The van der Waals surface area contributed by atoms with Gasteiger partial charge in [-0.2, -0.15) is 5.26 Å². The summed E-state index contributed by atoms with van der Waals surface area (Å²) in [6.07, 6.45) is 3.81. The van der Waals surface area contributed by atoms with Crippen LogP contribution in [-0.2, 0) is 0 Å². The summed E-state index contributed by atoms with van der Waals surface area (Å²) in [5, 5.41) is 11.4. The summed E-state index contributed by atoms with van der Waals surface area (Å²) in [5.74, 6) is 0. The SMILES string of the molecule is N#C/C(=C/c1c[nH]c2ccc(Br)cc12)c1nc2ccccc2s1. The predicted molar refractivity (Wildman–Crippen MR) is 99.1 cm³/mol. The third-order valence-corrected chi connectivity index (χ3v) is 5.18. The molecular formula is C18H10BrN3S. The second-order valence-corrected chi connectivity index (χ2v) is 7.04. The lowest BCUT2D eigenvalue weighted by atomic mass is 10.1. The Bertz CT molecular complexity index is 1070. The van der Waals surface area contributed by atoms with E-state index in [0.717, 1.165) is 36.2 Å². The zero-order chi connectivity index (χ0) is 15.8. The van der Waals surface area contributed by atoms with Crippen molar-refractivity contribution in [2.75, 3.05) is 0 Å². The van der Waals surface area contributed by atoms with E-state index in [0.29, 0.717) is 5.57 Å². The Balaban J connectivity index is 1.86. The van der Waals surface area contributed by atoms with E-state index in [1.54, 1.807) is 0 Å². The van der Waals surface area contributed by atoms with Gasteiger partial charge in [0, 0.05) is 27.1 Å². The van der Waals surface area contributed by atoms with Gasteiger partial charge < -0.3 is 4.98 Å². The molecule has 3 nitrogen and oxygen atoms in total. The average Bonchev–Trinajstić information content (AvgIpc) is 3.16. The fourth-order valence-electron chi connectivity index (χ4n) is 2.52. The maximum absolute atomic E-state index is 9.56. The highest BCUT2D eigenvalue weighted by Crippen LogP contribution is 2.30. The van der Waals surface area contributed by atoms with Crippen LogP contribution in [-0.4, -0.2) is 9.97 Å². The number of nitrogens with one attached hydrogen (secondary N) is 1. The number of aromatic nitrogens is 2. The number of allylic oxidation sites excluding steroid dienone is 1. The number of nitriles is 1. The standard InChI is InChI=1S/C18H10BrN3S/c19-13-5-6-15-14(8-13)12(10-21-15)7-11(9-20)18-22-16-3-1-2-4-17(16)23-18/h1-8,10,21H/b11-7-. The Morgan fingerprint density at radius 3 is 2.96 bits per heavy atom. The number of rotatable bonds is 2. The molecule has 1 N–H and O–H groups in total. The van der Waals surface area contributed by atoms with E-state index in [2.05, 4.69) is 32.0 Å². The first-order chi connectivity index (χ1) is 11.2. The van der Waals surface area contributed by atoms with Crippen molar-refractivity contribution in [1.29, 1.82) is 5.26 Å². The van der Waals surface area contributed by atoms with Crippen LogP contribution >= 0.6 is 27.3 Å². The molecule has 5 heteroatoms. The number of para-hydroxylation sites is 1. The largest absolute Gasteiger partial charge is 0.361 e. The quantitative estimate of drug-likeness (QED) is 0.460. The Labute approximate surface area is 145 Å². The van der Waals surface area contributed by atoms with Gasteiger partial charge in [-0.15, -0.1) is 11.3 Å². The molecule has 0 aliphatic heterocycles. The van der Waals surface area contributed by atoms with Gasteiger partial charge in [-0.3, -0.25) is 0 Å². The molecule has 4 aromatic rings. The van der Waals surface area contributed by atoms with Crippen LogP contribution < -0.4 is 0 Å². The van der Waals surface area contributed by atoms with Crippen LogP contribution in [0.15, 0.2) is 53.1 Å². The van der Waals surface area contributed by atoms with Crippen LogP contribution in [0.25, 0.3) is 32.8 Å². The fraction of sp³-hybridized carbons (Fsp3) is 0. The molecule has 2 heterocycles. The topological polar surface area (TPSA) is 52.5 Å². The van der Waals surface area contributed by atoms with Crippen molar-refractivity contribution in [3.05, 3.63) is 63.7 Å². The van der Waals surface area contributed by atoms with Crippen LogP contribution in [0.5, 0.6) is 0 Å². The van der Waals surface area contributed by atoms with Crippen LogP contribution in [0.2, 0.25) is 0 Å². The van der Waals surface area contributed by atoms with E-state index in [1.807, 2.05) is 54.7 Å². The highest BCUT2D eigenvalue weighted by Gasteiger charge is 2.10. The van der Waals surface area contributed by atoms with Gasteiger partial charge in [0.1, 0.15) is 11.1 Å². The molecule has 0 saturated heterocycles. The number of fused-ring (bicyclic) bond motifs is 2. The maximum Gasteiger partial charge on any atom is 0.135 e. The smallest absolute Gasteiger partial charge is 0.135 e. The van der Waals surface area contributed by atoms with E-state index in [4.69, 9.17) is 0 Å². The lowest BCUT2D eigenvalue weighted by Crippen LogP contribution is -1.80. The lowest BCUT2D eigenvalue weighted by Gasteiger charge is -1.95. The molecular weight excluding hydrogens is 370 g/mol. The number of halogens is 1. The monoisotopic (exact) mass is 379 g/mol. The minimum absolute atomic E-state index is 0.576. The molecule has 4 rings (SSSR count). The van der Waals surface area contributed by atoms with Crippen molar-refractivity contribution in [3.63, 3.8) is 0 Å². The van der Waals surface area contributed by atoms with Gasteiger partial charge >= 0.3 is 0 Å². The Morgan fingerprint density at radius 2 is 2.13 bits per heavy atom. The maximum atomic E-state index is 9.56. The minimum Gasteiger partial charge on any atom is -0.361 e. The van der Waals surface area contributed by atoms with Gasteiger partial charge in [0.25, 0.3) is 0 Å². The molecule has 0 atom stereocenters. The predicted octanol–water partition coefficient (Wildman–Crippen LogP) is 5.60. The summed E-state index contributed by atoms with van der Waals surface area (Å²) in [5.41, 5.74) is 3.53. The molecule has 23 heavy (non-hydrogen) atoms. The summed E-state index contributed by atoms with van der Waals surface area (Å²) < 4.78 is 2.10. The van der Waals surface area contributed by atoms with Gasteiger partial charge in [0.2, 0.25) is 0 Å². The first-order valence-electron chi connectivity index (χ1n) is 6.99. The second kappa shape index (κ2) is 5.65. The van der Waals surface area contributed by atoms with Crippen molar-refractivity contribution in [2.45, 2.75) is 0 Å². The summed E-state index contributed by atoms with van der Waals surface area (Å²) in [6, 6.07) is 16.3. The van der Waals surface area contributed by atoms with Crippen molar-refractivity contribution >= 4 is 60.0 Å². The molecule has 0 radical (unpaired) electrons. The lowest BCUT2D eigenvalue weighted by molar-refractivity contribution is 1.43. The third-order valence-electron chi connectivity index (χ3n) is 3.62. The number of hydrogen-bond acceptors (Lipinski definition) is 3. The average molecular weight is 380 g/mol. The molecule has 0 saturated carbocycles.